The molecule has 1 aliphatic rings. The number of ether oxygens (including phenoxy) is 2. The zero-order valence-electron chi connectivity index (χ0n) is 15.5. The second-order valence-electron chi connectivity index (χ2n) is 6.35. The van der Waals surface area contributed by atoms with Gasteiger partial charge in [0.1, 0.15) is 5.82 Å². The maximum absolute atomic E-state index is 12.6. The highest BCUT2D eigenvalue weighted by atomic mass is 19.3. The molecule has 1 aromatic heterocycles. The van der Waals surface area contributed by atoms with Crippen LogP contribution in [0, 0.1) is 10.1 Å². The quantitative estimate of drug-likeness (QED) is 0.565. The molecule has 9 nitrogen and oxygen atoms in total. The zero-order chi connectivity index (χ0) is 20.3. The van der Waals surface area contributed by atoms with Crippen molar-refractivity contribution in [1.82, 2.24) is 19.8 Å². The van der Waals surface area contributed by atoms with Crippen molar-refractivity contribution < 1.29 is 23.2 Å². The summed E-state index contributed by atoms with van der Waals surface area (Å²) in [5.74, 6) is 0.484. The average molecular weight is 397 g/mol. The number of benzene rings is 1. The molecule has 0 amide bonds. The summed E-state index contributed by atoms with van der Waals surface area (Å²) in [6, 6.07) is 2.28. The molecule has 1 aromatic carbocycles. The number of aryl methyl sites for hydroxylation is 1. The van der Waals surface area contributed by atoms with Crippen LogP contribution in [0.1, 0.15) is 17.4 Å². The smallest absolute Gasteiger partial charge is 0.387 e. The normalized spacial score (nSPS) is 17.7. The van der Waals surface area contributed by atoms with E-state index in [1.807, 2.05) is 17.8 Å². The topological polar surface area (TPSA) is 94.7 Å². The van der Waals surface area contributed by atoms with Crippen LogP contribution in [0.3, 0.4) is 0 Å². The van der Waals surface area contributed by atoms with Crippen LogP contribution >= 0.6 is 0 Å². The summed E-state index contributed by atoms with van der Waals surface area (Å²) in [5, 5.41) is 14.8. The molecule has 28 heavy (non-hydrogen) atoms. The van der Waals surface area contributed by atoms with E-state index in [0.717, 1.165) is 18.4 Å². The maximum atomic E-state index is 12.6. The second-order valence-corrected chi connectivity index (χ2v) is 6.35. The van der Waals surface area contributed by atoms with Crippen LogP contribution in [0.25, 0.3) is 0 Å². The Morgan fingerprint density at radius 3 is 2.82 bits per heavy atom. The molecular formula is C17H21F2N5O4. The summed E-state index contributed by atoms with van der Waals surface area (Å²) in [5.41, 5.74) is 0.0538. The summed E-state index contributed by atoms with van der Waals surface area (Å²) in [7, 11) is 3.18. The van der Waals surface area contributed by atoms with E-state index < -0.39 is 11.5 Å². The first-order valence-electron chi connectivity index (χ1n) is 8.62. The van der Waals surface area contributed by atoms with Gasteiger partial charge in [-0.15, -0.1) is 0 Å². The van der Waals surface area contributed by atoms with Crippen LogP contribution in [0.5, 0.6) is 11.5 Å². The van der Waals surface area contributed by atoms with Gasteiger partial charge in [-0.3, -0.25) is 15.0 Å². The van der Waals surface area contributed by atoms with Crippen LogP contribution in [0.15, 0.2) is 24.5 Å². The average Bonchev–Trinajstić information content (AvgIpc) is 3.08. The lowest BCUT2D eigenvalue weighted by atomic mass is 10.1. The predicted octanol–water partition coefficient (Wildman–Crippen LogP) is 2.08. The standard InChI is InChI=1S/C17H21F2N5O4/c1-22-5-4-21-16(22)13-9-20-3-6-23(13)10-11-7-14(27-2)15(28-17(18)19)8-12(11)24(25)26/h4-5,7-8,13,17,20H,3,6,9-10H2,1-2H3. The van der Waals surface area contributed by atoms with Crippen LogP contribution in [0.4, 0.5) is 14.5 Å². The molecule has 1 N–H and O–H groups in total. The van der Waals surface area contributed by atoms with Crippen molar-refractivity contribution in [3.8, 4) is 11.5 Å². The van der Waals surface area contributed by atoms with Gasteiger partial charge in [-0.2, -0.15) is 8.78 Å². The Labute approximate surface area is 160 Å². The van der Waals surface area contributed by atoms with Gasteiger partial charge in [0, 0.05) is 51.2 Å². The fourth-order valence-electron chi connectivity index (χ4n) is 3.34. The number of nitrogens with one attached hydrogen (secondary N) is 1. The van der Waals surface area contributed by atoms with E-state index in [2.05, 4.69) is 19.9 Å². The number of imidazole rings is 1. The fraction of sp³-hybridized carbons (Fsp3) is 0.471. The number of nitro benzene ring substituents is 1. The van der Waals surface area contributed by atoms with Crippen LogP contribution in [-0.2, 0) is 13.6 Å². The van der Waals surface area contributed by atoms with Crippen molar-refractivity contribution in [2.24, 2.45) is 7.05 Å². The molecule has 0 bridgehead atoms. The molecule has 1 atom stereocenters. The van der Waals surface area contributed by atoms with E-state index in [9.17, 15) is 18.9 Å². The highest BCUT2D eigenvalue weighted by Gasteiger charge is 2.30. The molecule has 1 fully saturated rings. The van der Waals surface area contributed by atoms with Crippen molar-refractivity contribution in [3.63, 3.8) is 0 Å². The lowest BCUT2D eigenvalue weighted by Crippen LogP contribution is -2.46. The first kappa shape index (κ1) is 20.0. The molecule has 1 unspecified atom stereocenters. The Morgan fingerprint density at radius 1 is 1.43 bits per heavy atom. The molecule has 152 valence electrons. The van der Waals surface area contributed by atoms with Crippen LogP contribution < -0.4 is 14.8 Å². The number of alkyl halides is 2. The highest BCUT2D eigenvalue weighted by molar-refractivity contribution is 5.54. The first-order valence-corrected chi connectivity index (χ1v) is 8.62. The van der Waals surface area contributed by atoms with E-state index in [0.29, 0.717) is 18.7 Å². The molecule has 2 heterocycles. The van der Waals surface area contributed by atoms with Crippen molar-refractivity contribution in [2.45, 2.75) is 19.2 Å². The second kappa shape index (κ2) is 8.48. The van der Waals surface area contributed by atoms with Gasteiger partial charge in [-0.25, -0.2) is 4.98 Å². The van der Waals surface area contributed by atoms with Gasteiger partial charge in [-0.05, 0) is 6.07 Å². The van der Waals surface area contributed by atoms with Crippen LogP contribution in [-0.4, -0.2) is 52.7 Å². The third-order valence-corrected chi connectivity index (χ3v) is 4.66. The first-order chi connectivity index (χ1) is 13.4. The van der Waals surface area contributed by atoms with Gasteiger partial charge >= 0.3 is 6.61 Å². The Balaban J connectivity index is 1.95. The zero-order valence-corrected chi connectivity index (χ0v) is 15.5. The van der Waals surface area contributed by atoms with Crippen molar-refractivity contribution >= 4 is 5.69 Å². The van der Waals surface area contributed by atoms with Gasteiger partial charge in [-0.1, -0.05) is 0 Å². The SMILES string of the molecule is COc1cc(CN2CCNCC2c2nccn2C)c([N+](=O)[O-])cc1OC(F)F. The van der Waals surface area contributed by atoms with Crippen LogP contribution in [0.2, 0.25) is 0 Å². The van der Waals surface area contributed by atoms with E-state index in [1.165, 1.54) is 13.2 Å². The molecule has 1 saturated heterocycles. The third-order valence-electron chi connectivity index (χ3n) is 4.66. The Morgan fingerprint density at radius 2 is 2.21 bits per heavy atom. The predicted molar refractivity (Wildman–Crippen MR) is 95.5 cm³/mol. The molecule has 0 radical (unpaired) electrons. The van der Waals surface area contributed by atoms with E-state index >= 15 is 0 Å². The molecular weight excluding hydrogens is 376 g/mol. The molecule has 11 heteroatoms. The highest BCUT2D eigenvalue weighted by Crippen LogP contribution is 2.37. The number of halogens is 2. The molecule has 0 saturated carbocycles. The lowest BCUT2D eigenvalue weighted by Gasteiger charge is -2.35. The van der Waals surface area contributed by atoms with E-state index in [4.69, 9.17) is 4.74 Å². The monoisotopic (exact) mass is 397 g/mol. The number of methoxy groups -OCH3 is 1. The number of piperazine rings is 1. The van der Waals surface area contributed by atoms with Crippen molar-refractivity contribution in [1.29, 1.82) is 0 Å². The number of nitrogens with zero attached hydrogens (tertiary/aromatic N) is 4. The van der Waals surface area contributed by atoms with Gasteiger partial charge < -0.3 is 19.4 Å². The van der Waals surface area contributed by atoms with Gasteiger partial charge in [0.15, 0.2) is 11.5 Å². The molecule has 2 aromatic rings. The third kappa shape index (κ3) is 4.20. The Kier molecular flexibility index (Phi) is 6.05. The summed E-state index contributed by atoms with van der Waals surface area (Å²) in [4.78, 5) is 17.4. The van der Waals surface area contributed by atoms with Gasteiger partial charge in [0.25, 0.3) is 5.69 Å². The fourth-order valence-corrected chi connectivity index (χ4v) is 3.34. The number of hydrogen-bond acceptors (Lipinski definition) is 7. The summed E-state index contributed by atoms with van der Waals surface area (Å²) in [6.45, 7) is -0.867. The van der Waals surface area contributed by atoms with Crippen molar-refractivity contribution in [3.05, 3.63) is 46.0 Å². The maximum Gasteiger partial charge on any atom is 0.387 e. The number of aromatic nitrogens is 2. The van der Waals surface area contributed by atoms with Crippen molar-refractivity contribution in [2.75, 3.05) is 26.7 Å². The number of rotatable bonds is 7. The minimum atomic E-state index is -3.11. The van der Waals surface area contributed by atoms with E-state index in [-0.39, 0.29) is 29.8 Å². The molecule has 0 aliphatic carbocycles. The minimum Gasteiger partial charge on any atom is -0.493 e. The molecule has 0 spiro atoms. The summed E-state index contributed by atoms with van der Waals surface area (Å²) < 4.78 is 36.6. The minimum absolute atomic E-state index is 0.0181. The Bertz CT molecular complexity index is 845. The molecule has 1 aliphatic heterocycles. The summed E-state index contributed by atoms with van der Waals surface area (Å²) in [6.07, 6.45) is 3.54. The molecule has 3 rings (SSSR count). The number of hydrogen-bond donors (Lipinski definition) is 1. The number of nitro groups is 1. The largest absolute Gasteiger partial charge is 0.493 e. The summed E-state index contributed by atoms with van der Waals surface area (Å²) >= 11 is 0. The van der Waals surface area contributed by atoms with Gasteiger partial charge in [0.05, 0.1) is 24.1 Å². The Hall–Kier alpha value is -2.79. The van der Waals surface area contributed by atoms with Gasteiger partial charge in [0.2, 0.25) is 0 Å². The lowest BCUT2D eigenvalue weighted by molar-refractivity contribution is -0.385. The van der Waals surface area contributed by atoms with E-state index in [1.54, 1.807) is 6.20 Å².